The molecule has 0 fully saturated rings. The van der Waals surface area contributed by atoms with Crippen molar-refractivity contribution in [2.75, 3.05) is 5.32 Å². The lowest BCUT2D eigenvalue weighted by molar-refractivity contribution is 0.626. The summed E-state index contributed by atoms with van der Waals surface area (Å²) in [5.41, 5.74) is 1.03. The molecule has 1 aromatic heterocycles. The number of anilines is 2. The first-order valence-electron chi connectivity index (χ1n) is 5.90. The van der Waals surface area contributed by atoms with E-state index < -0.39 is 5.82 Å². The highest BCUT2D eigenvalue weighted by Crippen LogP contribution is 2.25. The van der Waals surface area contributed by atoms with Gasteiger partial charge in [0.2, 0.25) is 0 Å². The number of tetrazole rings is 1. The molecule has 0 spiro atoms. The van der Waals surface area contributed by atoms with Crippen LogP contribution in [0.3, 0.4) is 0 Å². The van der Waals surface area contributed by atoms with Crippen molar-refractivity contribution in [2.45, 2.75) is 0 Å². The molecule has 0 aliphatic carbocycles. The summed E-state index contributed by atoms with van der Waals surface area (Å²) in [4.78, 5) is 0. The summed E-state index contributed by atoms with van der Waals surface area (Å²) >= 11 is 5.94. The van der Waals surface area contributed by atoms with Crippen LogP contribution in [0.15, 0.2) is 42.5 Å². The smallest absolute Gasteiger partial charge is 0.252 e. The molecule has 0 aliphatic rings. The number of aromatic nitrogens is 4. The van der Waals surface area contributed by atoms with Gasteiger partial charge in [-0.1, -0.05) is 16.7 Å². The van der Waals surface area contributed by atoms with Gasteiger partial charge in [0, 0.05) is 0 Å². The third-order valence-electron chi connectivity index (χ3n) is 2.72. The van der Waals surface area contributed by atoms with Gasteiger partial charge in [-0.3, -0.25) is 0 Å². The van der Waals surface area contributed by atoms with Gasteiger partial charge < -0.3 is 5.32 Å². The Balaban J connectivity index is 1.94. The van der Waals surface area contributed by atoms with Crippen LogP contribution >= 0.6 is 11.6 Å². The Hall–Kier alpha value is -2.54. The van der Waals surface area contributed by atoms with Gasteiger partial charge in [-0.2, -0.15) is 4.68 Å². The van der Waals surface area contributed by atoms with Crippen molar-refractivity contribution in [3.8, 4) is 5.69 Å². The van der Waals surface area contributed by atoms with E-state index in [0.717, 1.165) is 0 Å². The predicted octanol–water partition coefficient (Wildman–Crippen LogP) is 3.34. The minimum absolute atomic E-state index is 0.198. The monoisotopic (exact) mass is 307 g/mol. The number of nitrogens with zero attached hydrogens (tertiary/aromatic N) is 4. The topological polar surface area (TPSA) is 55.6 Å². The highest BCUT2D eigenvalue weighted by molar-refractivity contribution is 6.33. The third kappa shape index (κ3) is 2.82. The summed E-state index contributed by atoms with van der Waals surface area (Å²) in [7, 11) is 0. The van der Waals surface area contributed by atoms with E-state index in [1.165, 1.54) is 47.1 Å². The largest absolute Gasteiger partial charge is 0.321 e. The molecule has 21 heavy (non-hydrogen) atoms. The van der Waals surface area contributed by atoms with E-state index >= 15 is 0 Å². The first-order chi connectivity index (χ1) is 10.1. The lowest BCUT2D eigenvalue weighted by Crippen LogP contribution is -2.03. The Kier molecular flexibility index (Phi) is 3.49. The van der Waals surface area contributed by atoms with E-state index in [1.54, 1.807) is 0 Å². The van der Waals surface area contributed by atoms with Crippen molar-refractivity contribution >= 4 is 23.2 Å². The highest BCUT2D eigenvalue weighted by Gasteiger charge is 2.10. The Morgan fingerprint density at radius 2 is 1.71 bits per heavy atom. The Bertz CT molecular complexity index is 772. The number of rotatable bonds is 3. The number of nitrogens with one attached hydrogen (secondary N) is 1. The van der Waals surface area contributed by atoms with Crippen molar-refractivity contribution in [3.05, 3.63) is 59.1 Å². The van der Waals surface area contributed by atoms with Crippen molar-refractivity contribution in [3.63, 3.8) is 0 Å². The summed E-state index contributed by atoms with van der Waals surface area (Å²) < 4.78 is 27.3. The van der Waals surface area contributed by atoms with Crippen LogP contribution in [0.1, 0.15) is 0 Å². The molecule has 3 rings (SSSR count). The molecule has 0 atom stereocenters. The van der Waals surface area contributed by atoms with E-state index in [1.807, 2.05) is 0 Å². The fraction of sp³-hybridized carbons (Fsp3) is 0. The molecule has 0 unspecified atom stereocenters. The lowest BCUT2D eigenvalue weighted by Gasteiger charge is -2.08. The minimum atomic E-state index is -0.441. The molecule has 1 heterocycles. The van der Waals surface area contributed by atoms with Crippen LogP contribution in [0.25, 0.3) is 5.69 Å². The van der Waals surface area contributed by atoms with Gasteiger partial charge in [-0.05, 0) is 52.9 Å². The quantitative estimate of drug-likeness (QED) is 0.806. The van der Waals surface area contributed by atoms with Gasteiger partial charge in [0.1, 0.15) is 11.6 Å². The molecule has 1 N–H and O–H groups in total. The van der Waals surface area contributed by atoms with Crippen molar-refractivity contribution in [2.24, 2.45) is 0 Å². The van der Waals surface area contributed by atoms with Crippen LogP contribution in [0.5, 0.6) is 0 Å². The molecule has 2 aromatic carbocycles. The molecule has 0 bridgehead atoms. The maximum Gasteiger partial charge on any atom is 0.252 e. The van der Waals surface area contributed by atoms with E-state index in [0.29, 0.717) is 11.4 Å². The first kappa shape index (κ1) is 13.4. The van der Waals surface area contributed by atoms with Crippen LogP contribution in [-0.2, 0) is 0 Å². The minimum Gasteiger partial charge on any atom is -0.321 e. The van der Waals surface area contributed by atoms with Crippen molar-refractivity contribution in [1.82, 2.24) is 20.2 Å². The second-order valence-electron chi connectivity index (χ2n) is 4.14. The fourth-order valence-corrected chi connectivity index (χ4v) is 1.95. The standard InChI is InChI=1S/C13H8ClF2N5/c14-11-7-9(16)3-6-12(11)17-13-18-19-20-21(13)10-4-1-8(15)2-5-10/h1-7H,(H,17,18,20). The number of hydrogen-bond donors (Lipinski definition) is 1. The number of halogens is 3. The van der Waals surface area contributed by atoms with Crippen LogP contribution in [0.2, 0.25) is 5.02 Å². The summed E-state index contributed by atoms with van der Waals surface area (Å²) in [5.74, 6) is -0.526. The maximum atomic E-state index is 13.0. The predicted molar refractivity (Wildman–Crippen MR) is 73.8 cm³/mol. The molecule has 0 aliphatic heterocycles. The van der Waals surface area contributed by atoms with Crippen LogP contribution in [-0.4, -0.2) is 20.2 Å². The van der Waals surface area contributed by atoms with Crippen LogP contribution in [0.4, 0.5) is 20.4 Å². The average Bonchev–Trinajstić information content (AvgIpc) is 2.91. The molecule has 106 valence electrons. The van der Waals surface area contributed by atoms with E-state index in [4.69, 9.17) is 11.6 Å². The van der Waals surface area contributed by atoms with Gasteiger partial charge in [-0.15, -0.1) is 0 Å². The molecule has 3 aromatic rings. The molecular weight excluding hydrogens is 300 g/mol. The van der Waals surface area contributed by atoms with Gasteiger partial charge >= 0.3 is 0 Å². The highest BCUT2D eigenvalue weighted by atomic mass is 35.5. The van der Waals surface area contributed by atoms with Gasteiger partial charge in [-0.25, -0.2) is 8.78 Å². The van der Waals surface area contributed by atoms with E-state index in [9.17, 15) is 8.78 Å². The zero-order chi connectivity index (χ0) is 14.8. The maximum absolute atomic E-state index is 13.0. The molecule has 0 amide bonds. The zero-order valence-electron chi connectivity index (χ0n) is 10.5. The first-order valence-corrected chi connectivity index (χ1v) is 6.28. The summed E-state index contributed by atoms with van der Waals surface area (Å²) in [6.07, 6.45) is 0. The summed E-state index contributed by atoms with van der Waals surface area (Å²) in [6.45, 7) is 0. The lowest BCUT2D eigenvalue weighted by atomic mass is 10.3. The molecular formula is C13H8ClF2N5. The SMILES string of the molecule is Fc1ccc(-n2nnnc2Nc2ccc(F)cc2Cl)cc1. The summed E-state index contributed by atoms with van der Waals surface area (Å²) in [6, 6.07) is 9.57. The molecule has 8 heteroatoms. The van der Waals surface area contributed by atoms with Gasteiger partial charge in [0.15, 0.2) is 0 Å². The second kappa shape index (κ2) is 5.45. The van der Waals surface area contributed by atoms with Gasteiger partial charge in [0.05, 0.1) is 16.4 Å². The average molecular weight is 308 g/mol. The van der Waals surface area contributed by atoms with Crippen LogP contribution in [0, 0.1) is 11.6 Å². The fourth-order valence-electron chi connectivity index (χ4n) is 1.73. The summed E-state index contributed by atoms with van der Waals surface area (Å²) in [5, 5.41) is 14.3. The Morgan fingerprint density at radius 3 is 2.43 bits per heavy atom. The van der Waals surface area contributed by atoms with E-state index in [-0.39, 0.29) is 16.8 Å². The van der Waals surface area contributed by atoms with Crippen molar-refractivity contribution < 1.29 is 8.78 Å². The molecule has 5 nitrogen and oxygen atoms in total. The van der Waals surface area contributed by atoms with Gasteiger partial charge in [0.25, 0.3) is 5.95 Å². The number of hydrogen-bond acceptors (Lipinski definition) is 4. The molecule has 0 saturated carbocycles. The molecule has 0 radical (unpaired) electrons. The second-order valence-corrected chi connectivity index (χ2v) is 4.55. The van der Waals surface area contributed by atoms with E-state index in [2.05, 4.69) is 20.8 Å². The zero-order valence-corrected chi connectivity index (χ0v) is 11.2. The third-order valence-corrected chi connectivity index (χ3v) is 3.03. The molecule has 0 saturated heterocycles. The van der Waals surface area contributed by atoms with Crippen molar-refractivity contribution in [1.29, 1.82) is 0 Å². The van der Waals surface area contributed by atoms with Crippen LogP contribution < -0.4 is 5.32 Å². The normalized spacial score (nSPS) is 10.6. The number of benzene rings is 2. The Morgan fingerprint density at radius 1 is 1.00 bits per heavy atom. The Labute approximate surface area is 123 Å².